The van der Waals surface area contributed by atoms with E-state index in [4.69, 9.17) is 11.6 Å². The summed E-state index contributed by atoms with van der Waals surface area (Å²) in [7, 11) is 0. The van der Waals surface area contributed by atoms with Gasteiger partial charge < -0.3 is 5.32 Å². The van der Waals surface area contributed by atoms with Crippen LogP contribution >= 0.6 is 34.7 Å². The number of thiazole rings is 1. The number of rotatable bonds is 4. The van der Waals surface area contributed by atoms with Crippen LogP contribution in [0, 0.1) is 13.8 Å². The van der Waals surface area contributed by atoms with Crippen LogP contribution in [0.3, 0.4) is 0 Å². The Kier molecular flexibility index (Phi) is 5.13. The van der Waals surface area contributed by atoms with Crippen LogP contribution in [0.4, 0.5) is 5.69 Å². The molecule has 1 heterocycles. The van der Waals surface area contributed by atoms with Crippen LogP contribution in [-0.4, -0.2) is 16.1 Å². The van der Waals surface area contributed by atoms with Gasteiger partial charge in [-0.05, 0) is 50.1 Å². The summed E-state index contributed by atoms with van der Waals surface area (Å²) in [4.78, 5) is 17.1. The van der Waals surface area contributed by atoms with E-state index < -0.39 is 0 Å². The Morgan fingerprint density at radius 2 is 1.96 bits per heavy atom. The maximum atomic E-state index is 12.5. The van der Waals surface area contributed by atoms with Gasteiger partial charge in [0.25, 0.3) is 0 Å². The van der Waals surface area contributed by atoms with Crippen LogP contribution < -0.4 is 5.32 Å². The third-order valence-corrected chi connectivity index (χ3v) is 6.17. The molecule has 1 unspecified atom stereocenters. The van der Waals surface area contributed by atoms with Crippen molar-refractivity contribution in [1.82, 2.24) is 4.98 Å². The number of hydrogen-bond donors (Lipinski definition) is 1. The van der Waals surface area contributed by atoms with E-state index >= 15 is 0 Å². The lowest BCUT2D eigenvalue weighted by Gasteiger charge is -2.14. The summed E-state index contributed by atoms with van der Waals surface area (Å²) in [6.45, 7) is 5.89. The lowest BCUT2D eigenvalue weighted by Crippen LogP contribution is -2.23. The van der Waals surface area contributed by atoms with Gasteiger partial charge in [0, 0.05) is 10.7 Å². The van der Waals surface area contributed by atoms with E-state index in [1.165, 1.54) is 11.8 Å². The number of halogens is 1. The molecule has 3 rings (SSSR count). The molecule has 0 bridgehead atoms. The first-order valence-corrected chi connectivity index (χ1v) is 9.61. The fourth-order valence-electron chi connectivity index (χ4n) is 2.37. The van der Waals surface area contributed by atoms with Crippen molar-refractivity contribution in [2.45, 2.75) is 30.4 Å². The van der Waals surface area contributed by atoms with E-state index in [9.17, 15) is 4.79 Å². The monoisotopic (exact) mass is 376 g/mol. The fourth-order valence-corrected chi connectivity index (χ4v) is 4.73. The van der Waals surface area contributed by atoms with Gasteiger partial charge >= 0.3 is 0 Å². The van der Waals surface area contributed by atoms with E-state index in [1.54, 1.807) is 11.3 Å². The number of thioether (sulfide) groups is 1. The number of nitrogens with one attached hydrogen (secondary N) is 1. The molecule has 1 N–H and O–H groups in total. The molecule has 2 aromatic carbocycles. The number of para-hydroxylation sites is 1. The molecule has 0 spiro atoms. The Balaban J connectivity index is 1.73. The van der Waals surface area contributed by atoms with Gasteiger partial charge in [0.2, 0.25) is 5.91 Å². The van der Waals surface area contributed by atoms with Gasteiger partial charge in [0.15, 0.2) is 4.34 Å². The molecule has 1 amide bonds. The van der Waals surface area contributed by atoms with E-state index in [2.05, 4.69) is 10.3 Å². The van der Waals surface area contributed by atoms with Gasteiger partial charge in [0.1, 0.15) is 0 Å². The maximum absolute atomic E-state index is 12.5. The Bertz CT molecular complexity index is 887. The molecule has 0 radical (unpaired) electrons. The first kappa shape index (κ1) is 17.3. The highest BCUT2D eigenvalue weighted by atomic mass is 35.5. The summed E-state index contributed by atoms with van der Waals surface area (Å²) in [6.07, 6.45) is 0. The summed E-state index contributed by atoms with van der Waals surface area (Å²) in [5.74, 6) is -0.0188. The number of aryl methyl sites for hydroxylation is 2. The second kappa shape index (κ2) is 7.13. The van der Waals surface area contributed by atoms with Crippen molar-refractivity contribution in [2.24, 2.45) is 0 Å². The van der Waals surface area contributed by atoms with Crippen molar-refractivity contribution in [2.75, 3.05) is 5.32 Å². The molecule has 0 fully saturated rings. The molecule has 124 valence electrons. The summed E-state index contributed by atoms with van der Waals surface area (Å²) in [5, 5.41) is 3.47. The van der Waals surface area contributed by atoms with Crippen molar-refractivity contribution >= 4 is 56.5 Å². The van der Waals surface area contributed by atoms with Gasteiger partial charge in [0.05, 0.1) is 15.5 Å². The van der Waals surface area contributed by atoms with Crippen molar-refractivity contribution in [1.29, 1.82) is 0 Å². The lowest BCUT2D eigenvalue weighted by molar-refractivity contribution is -0.115. The third kappa shape index (κ3) is 3.74. The van der Waals surface area contributed by atoms with Crippen LogP contribution in [0.2, 0.25) is 5.02 Å². The number of carbonyl (C=O) groups is 1. The van der Waals surface area contributed by atoms with Gasteiger partial charge in [-0.1, -0.05) is 41.6 Å². The Morgan fingerprint density at radius 1 is 1.25 bits per heavy atom. The molecule has 0 saturated heterocycles. The van der Waals surface area contributed by atoms with E-state index in [1.807, 2.05) is 57.2 Å². The number of carbonyl (C=O) groups excluding carboxylic acids is 1. The zero-order chi connectivity index (χ0) is 17.3. The zero-order valence-corrected chi connectivity index (χ0v) is 16.0. The normalized spacial score (nSPS) is 12.3. The van der Waals surface area contributed by atoms with Crippen LogP contribution in [0.1, 0.15) is 18.1 Å². The van der Waals surface area contributed by atoms with Gasteiger partial charge in [-0.3, -0.25) is 4.79 Å². The zero-order valence-electron chi connectivity index (χ0n) is 13.6. The van der Waals surface area contributed by atoms with E-state index in [0.29, 0.717) is 5.02 Å². The minimum atomic E-state index is -0.236. The predicted octanol–water partition coefficient (Wildman–Crippen LogP) is 5.69. The van der Waals surface area contributed by atoms with Crippen LogP contribution in [0.15, 0.2) is 40.7 Å². The second-order valence-corrected chi connectivity index (χ2v) is 8.66. The van der Waals surface area contributed by atoms with Crippen molar-refractivity contribution in [3.8, 4) is 0 Å². The minimum absolute atomic E-state index is 0.0188. The third-order valence-electron chi connectivity index (χ3n) is 3.71. The molecule has 3 aromatic rings. The molecule has 1 atom stereocenters. The quantitative estimate of drug-likeness (QED) is 0.595. The van der Waals surface area contributed by atoms with Crippen molar-refractivity contribution < 1.29 is 4.79 Å². The number of fused-ring (bicyclic) bond motifs is 1. The standard InChI is InChI=1S/C18H17ClN2OS2/c1-10-5-4-6-11(2)16(10)21-17(22)12(3)23-18-20-14-9-13(19)7-8-15(14)24-18/h4-9,12H,1-3H3,(H,21,22). The largest absolute Gasteiger partial charge is 0.325 e. The van der Waals surface area contributed by atoms with Crippen LogP contribution in [-0.2, 0) is 4.79 Å². The van der Waals surface area contributed by atoms with Gasteiger partial charge in [-0.25, -0.2) is 4.98 Å². The average Bonchev–Trinajstić information content (AvgIpc) is 2.92. The first-order valence-electron chi connectivity index (χ1n) is 7.54. The summed E-state index contributed by atoms with van der Waals surface area (Å²) in [6, 6.07) is 11.6. The van der Waals surface area contributed by atoms with Crippen molar-refractivity contribution in [3.63, 3.8) is 0 Å². The number of anilines is 1. The number of hydrogen-bond acceptors (Lipinski definition) is 4. The molecule has 1 aromatic heterocycles. The number of amides is 1. The van der Waals surface area contributed by atoms with Crippen molar-refractivity contribution in [3.05, 3.63) is 52.5 Å². The topological polar surface area (TPSA) is 42.0 Å². The minimum Gasteiger partial charge on any atom is -0.325 e. The highest BCUT2D eigenvalue weighted by Crippen LogP contribution is 2.33. The number of benzene rings is 2. The Labute approximate surface area is 154 Å². The van der Waals surface area contributed by atoms with Crippen LogP contribution in [0.5, 0.6) is 0 Å². The smallest absolute Gasteiger partial charge is 0.237 e. The number of aromatic nitrogens is 1. The van der Waals surface area contributed by atoms with E-state index in [-0.39, 0.29) is 11.2 Å². The molecular formula is C18H17ClN2OS2. The molecule has 3 nitrogen and oxygen atoms in total. The second-order valence-electron chi connectivity index (χ2n) is 5.61. The number of nitrogens with zero attached hydrogens (tertiary/aromatic N) is 1. The molecule has 0 aliphatic carbocycles. The molecule has 0 saturated carbocycles. The average molecular weight is 377 g/mol. The highest BCUT2D eigenvalue weighted by Gasteiger charge is 2.18. The Hall–Kier alpha value is -1.56. The molecule has 24 heavy (non-hydrogen) atoms. The summed E-state index contributed by atoms with van der Waals surface area (Å²) < 4.78 is 1.95. The van der Waals surface area contributed by atoms with Crippen LogP contribution in [0.25, 0.3) is 10.2 Å². The Morgan fingerprint density at radius 3 is 2.67 bits per heavy atom. The molecule has 0 aliphatic heterocycles. The fraction of sp³-hybridized carbons (Fsp3) is 0.222. The lowest BCUT2D eigenvalue weighted by atomic mass is 10.1. The highest BCUT2D eigenvalue weighted by molar-refractivity contribution is 8.02. The molecule has 0 aliphatic rings. The predicted molar refractivity (Wildman–Crippen MR) is 104 cm³/mol. The van der Waals surface area contributed by atoms with Gasteiger partial charge in [-0.15, -0.1) is 11.3 Å². The molecular weight excluding hydrogens is 360 g/mol. The summed E-state index contributed by atoms with van der Waals surface area (Å²) >= 11 is 9.04. The molecule has 6 heteroatoms. The maximum Gasteiger partial charge on any atom is 0.237 e. The van der Waals surface area contributed by atoms with E-state index in [0.717, 1.165) is 31.4 Å². The SMILES string of the molecule is Cc1cccc(C)c1NC(=O)C(C)Sc1nc2cc(Cl)ccc2s1. The summed E-state index contributed by atoms with van der Waals surface area (Å²) in [5.41, 5.74) is 3.90. The first-order chi connectivity index (χ1) is 11.4. The van der Waals surface area contributed by atoms with Gasteiger partial charge in [-0.2, -0.15) is 0 Å².